The SMILES string of the molecule is CN(CC1CC1)c1ccn2ncc(C(=O)Nc3cn(C4CCC(CN(C)C5CCC(Nc6cccc7c6C(=O)N(C6CCC(=O)NC6=O)C7=O)CC5)CC4)nc3C(F)F)c2n1. The van der Waals surface area contributed by atoms with Gasteiger partial charge in [0.05, 0.1) is 29.1 Å². The first kappa shape index (κ1) is 40.6. The number of carbonyl (C=O) groups is 5. The topological polar surface area (TPSA) is 179 Å². The number of amides is 5. The van der Waals surface area contributed by atoms with Crippen LogP contribution in [0.4, 0.5) is 26.0 Å². The second kappa shape index (κ2) is 16.6. The predicted octanol–water partition coefficient (Wildman–Crippen LogP) is 5.45. The van der Waals surface area contributed by atoms with Crippen LogP contribution < -0.4 is 20.9 Å². The van der Waals surface area contributed by atoms with Crippen molar-refractivity contribution >= 4 is 52.4 Å². The number of fused-ring (bicyclic) bond motifs is 2. The molecule has 5 heterocycles. The third kappa shape index (κ3) is 8.21. The molecule has 3 aliphatic carbocycles. The van der Waals surface area contributed by atoms with E-state index in [1.807, 2.05) is 13.1 Å². The maximum atomic E-state index is 14.3. The second-order valence-corrected chi connectivity index (χ2v) is 17.5. The molecule has 0 bridgehead atoms. The molecule has 16 nitrogen and oxygen atoms in total. The molecule has 5 aliphatic rings. The van der Waals surface area contributed by atoms with Crippen LogP contribution in [0.2, 0.25) is 0 Å². The van der Waals surface area contributed by atoms with Crippen LogP contribution in [-0.4, -0.2) is 109 Å². The van der Waals surface area contributed by atoms with Gasteiger partial charge in [0.25, 0.3) is 24.1 Å². The monoisotopic (exact) mass is 839 g/mol. The molecule has 1 atom stereocenters. The van der Waals surface area contributed by atoms with E-state index in [0.717, 1.165) is 69.4 Å². The first-order valence-electron chi connectivity index (χ1n) is 21.5. The Morgan fingerprint density at radius 3 is 2.36 bits per heavy atom. The zero-order valence-electron chi connectivity index (χ0n) is 34.4. The quantitative estimate of drug-likeness (QED) is 0.146. The fourth-order valence-corrected chi connectivity index (χ4v) is 9.72. The number of alkyl halides is 2. The van der Waals surface area contributed by atoms with Crippen molar-refractivity contribution < 1.29 is 32.8 Å². The highest BCUT2D eigenvalue weighted by molar-refractivity contribution is 6.25. The molecule has 1 aromatic carbocycles. The van der Waals surface area contributed by atoms with Crippen LogP contribution >= 0.6 is 0 Å². The van der Waals surface area contributed by atoms with Crippen LogP contribution in [0.1, 0.15) is 126 Å². The summed E-state index contributed by atoms with van der Waals surface area (Å²) in [7, 11) is 4.12. The molecule has 61 heavy (non-hydrogen) atoms. The summed E-state index contributed by atoms with van der Waals surface area (Å²) in [6.45, 7) is 1.80. The Kier molecular flexibility index (Phi) is 11.0. The minimum atomic E-state index is -2.87. The molecule has 5 amide bonds. The van der Waals surface area contributed by atoms with Gasteiger partial charge in [-0.1, -0.05) is 6.07 Å². The Hall–Kier alpha value is -5.78. The highest BCUT2D eigenvalue weighted by atomic mass is 19.3. The summed E-state index contributed by atoms with van der Waals surface area (Å²) < 4.78 is 31.7. The van der Waals surface area contributed by atoms with Crippen LogP contribution in [0.25, 0.3) is 5.65 Å². The van der Waals surface area contributed by atoms with E-state index in [4.69, 9.17) is 0 Å². The number of aromatic nitrogens is 5. The van der Waals surface area contributed by atoms with Gasteiger partial charge in [0.1, 0.15) is 17.4 Å². The van der Waals surface area contributed by atoms with Gasteiger partial charge in [-0.3, -0.25) is 38.9 Å². The van der Waals surface area contributed by atoms with E-state index < -0.39 is 47.7 Å². The predicted molar refractivity (Wildman–Crippen MR) is 221 cm³/mol. The van der Waals surface area contributed by atoms with Crippen molar-refractivity contribution in [2.75, 3.05) is 42.7 Å². The van der Waals surface area contributed by atoms with E-state index in [9.17, 15) is 32.8 Å². The number of imide groups is 2. The van der Waals surface area contributed by atoms with Gasteiger partial charge < -0.3 is 20.4 Å². The number of anilines is 3. The van der Waals surface area contributed by atoms with Crippen molar-refractivity contribution in [2.45, 2.75) is 108 Å². The van der Waals surface area contributed by atoms with E-state index in [1.165, 1.54) is 29.8 Å². The second-order valence-electron chi connectivity index (χ2n) is 17.5. The summed E-state index contributed by atoms with van der Waals surface area (Å²) in [4.78, 5) is 74.7. The largest absolute Gasteiger partial charge is 0.382 e. The number of carbonyl (C=O) groups excluding carboxylic acids is 5. The minimum Gasteiger partial charge on any atom is -0.382 e. The molecule has 0 spiro atoms. The molecule has 322 valence electrons. The van der Waals surface area contributed by atoms with Crippen molar-refractivity contribution in [1.29, 1.82) is 0 Å². The first-order valence-corrected chi connectivity index (χ1v) is 21.5. The van der Waals surface area contributed by atoms with E-state index >= 15 is 0 Å². The van der Waals surface area contributed by atoms with Crippen molar-refractivity contribution in [2.24, 2.45) is 11.8 Å². The van der Waals surface area contributed by atoms with Gasteiger partial charge in [-0.2, -0.15) is 10.2 Å². The van der Waals surface area contributed by atoms with Crippen LogP contribution in [0.3, 0.4) is 0 Å². The van der Waals surface area contributed by atoms with E-state index in [1.54, 1.807) is 29.1 Å². The smallest absolute Gasteiger partial charge is 0.284 e. The van der Waals surface area contributed by atoms with Crippen molar-refractivity contribution in [3.05, 3.63) is 65.2 Å². The third-order valence-electron chi connectivity index (χ3n) is 13.3. The molecule has 4 aromatic rings. The summed E-state index contributed by atoms with van der Waals surface area (Å²) in [6, 6.07) is 6.40. The lowest BCUT2D eigenvalue weighted by atomic mass is 9.84. The average molecular weight is 840 g/mol. The Labute approximate surface area is 351 Å². The Balaban J connectivity index is 0.765. The lowest BCUT2D eigenvalue weighted by Crippen LogP contribution is -2.54. The third-order valence-corrected chi connectivity index (χ3v) is 13.3. The van der Waals surface area contributed by atoms with E-state index in [2.05, 4.69) is 48.0 Å². The molecule has 3 saturated carbocycles. The maximum Gasteiger partial charge on any atom is 0.284 e. The van der Waals surface area contributed by atoms with E-state index in [-0.39, 0.29) is 47.3 Å². The van der Waals surface area contributed by atoms with Gasteiger partial charge in [-0.15, -0.1) is 0 Å². The van der Waals surface area contributed by atoms with Crippen molar-refractivity contribution in [3.8, 4) is 0 Å². The number of nitrogens with zero attached hydrogens (tertiary/aromatic N) is 8. The first-order chi connectivity index (χ1) is 29.4. The van der Waals surface area contributed by atoms with Gasteiger partial charge in [0.2, 0.25) is 11.8 Å². The molecule has 0 radical (unpaired) electrons. The number of nitrogens with one attached hydrogen (secondary N) is 3. The molecule has 4 fully saturated rings. The van der Waals surface area contributed by atoms with Gasteiger partial charge in [0, 0.05) is 56.7 Å². The summed E-state index contributed by atoms with van der Waals surface area (Å²) in [6.07, 6.45) is 11.4. The van der Waals surface area contributed by atoms with Gasteiger partial charge in [-0.25, -0.2) is 18.3 Å². The molecular weight excluding hydrogens is 789 g/mol. The summed E-state index contributed by atoms with van der Waals surface area (Å²) in [5, 5.41) is 17.0. The number of hydrogen-bond acceptors (Lipinski definition) is 11. The summed E-state index contributed by atoms with van der Waals surface area (Å²) in [5.74, 6) is -0.846. The van der Waals surface area contributed by atoms with Gasteiger partial charge in [-0.05, 0) is 108 Å². The molecule has 9 rings (SSSR count). The lowest BCUT2D eigenvalue weighted by molar-refractivity contribution is -0.136. The standard InChI is InChI=1S/C43H51F2N11O5/c1-52(27-14-10-26(11-15-27)47-31-5-3-4-29-36(31)43(61)56(42(29)60)33-16-17-35(57)50-41(33)59)21-25-8-12-28(13-9-25)55-23-32(37(51-55)38(44)45)48-40(58)30-20-46-54-19-18-34(49-39(30)54)53(2)22-24-6-7-24/h3-5,18-20,23-28,33,38,47H,6-17,21-22H2,1-2H3,(H,48,58)(H,50,57,59). The molecular formula is C43H51F2N11O5. The summed E-state index contributed by atoms with van der Waals surface area (Å²) >= 11 is 0. The number of benzene rings is 1. The number of hydrogen-bond donors (Lipinski definition) is 3. The highest BCUT2D eigenvalue weighted by Gasteiger charge is 2.46. The molecule has 18 heteroatoms. The molecule has 3 N–H and O–H groups in total. The highest BCUT2D eigenvalue weighted by Crippen LogP contribution is 2.38. The van der Waals surface area contributed by atoms with Gasteiger partial charge >= 0.3 is 0 Å². The molecule has 2 aliphatic heterocycles. The number of halogens is 2. The minimum absolute atomic E-state index is 0.0146. The molecule has 1 unspecified atom stereocenters. The zero-order valence-corrected chi connectivity index (χ0v) is 34.4. The van der Waals surface area contributed by atoms with Gasteiger partial charge in [0.15, 0.2) is 11.3 Å². The van der Waals surface area contributed by atoms with E-state index in [0.29, 0.717) is 35.0 Å². The fourth-order valence-electron chi connectivity index (χ4n) is 9.72. The normalized spacial score (nSPS) is 24.4. The number of rotatable bonds is 13. The van der Waals surface area contributed by atoms with Crippen LogP contribution in [0.5, 0.6) is 0 Å². The summed E-state index contributed by atoms with van der Waals surface area (Å²) in [5.41, 5.74) is 1.18. The number of piperidine rings is 1. The van der Waals surface area contributed by atoms with Crippen molar-refractivity contribution in [1.82, 2.24) is 39.5 Å². The molecule has 1 saturated heterocycles. The van der Waals surface area contributed by atoms with Crippen LogP contribution in [-0.2, 0) is 9.59 Å². The average Bonchev–Trinajstić information content (AvgIpc) is 3.69. The Bertz CT molecular complexity index is 2360. The lowest BCUT2D eigenvalue weighted by Gasteiger charge is -2.38. The Morgan fingerprint density at radius 2 is 1.64 bits per heavy atom. The van der Waals surface area contributed by atoms with Crippen molar-refractivity contribution in [3.63, 3.8) is 0 Å². The zero-order chi connectivity index (χ0) is 42.5. The van der Waals surface area contributed by atoms with Crippen LogP contribution in [0, 0.1) is 11.8 Å². The maximum absolute atomic E-state index is 14.3. The van der Waals surface area contributed by atoms with Crippen LogP contribution in [0.15, 0.2) is 42.9 Å². The fraction of sp³-hybridized carbons (Fsp3) is 0.535. The molecule has 3 aromatic heterocycles. The Morgan fingerprint density at radius 1 is 0.902 bits per heavy atom.